The first-order valence-electron chi connectivity index (χ1n) is 20.3. The molecule has 0 fully saturated rings. The quantitative estimate of drug-likeness (QED) is 0.125. The lowest BCUT2D eigenvalue weighted by atomic mass is 9.44. The highest BCUT2D eigenvalue weighted by Gasteiger charge is 2.56. The Morgan fingerprint density at radius 2 is 0.400 bits per heavy atom. The minimum Gasteiger partial charge on any atom is -0.0625 e. The highest BCUT2D eigenvalue weighted by Crippen LogP contribution is 2.61. The van der Waals surface area contributed by atoms with Gasteiger partial charge in [0.1, 0.15) is 0 Å². The maximum atomic E-state index is 2.71. The Balaban J connectivity index is 9.06. The molecule has 0 saturated heterocycles. The summed E-state index contributed by atoms with van der Waals surface area (Å²) in [5.74, 6) is 13.6. The van der Waals surface area contributed by atoms with Crippen LogP contribution < -0.4 is 0 Å². The molecule has 0 aliphatic carbocycles. The zero-order valence-corrected chi connectivity index (χ0v) is 36.0. The second-order valence-electron chi connectivity index (χ2n) is 20.6. The van der Waals surface area contributed by atoms with Crippen molar-refractivity contribution in [2.24, 2.45) is 124 Å². The molecule has 0 aromatic rings. The zero-order valence-electron chi connectivity index (χ0n) is 36.0. The normalized spacial score (nSPS) is 15.3. The van der Waals surface area contributed by atoms with Crippen LogP contribution in [0.4, 0.5) is 0 Å². The van der Waals surface area contributed by atoms with Crippen molar-refractivity contribution >= 4 is 0 Å². The average molecular weight is 633 g/mol. The Hall–Kier alpha value is 0. The van der Waals surface area contributed by atoms with Gasteiger partial charge in [0.15, 0.2) is 0 Å². The molecule has 0 radical (unpaired) electrons. The van der Waals surface area contributed by atoms with Crippen molar-refractivity contribution in [3.05, 3.63) is 0 Å². The molecule has 0 amide bonds. The highest BCUT2D eigenvalue weighted by molar-refractivity contribution is 5.04. The molecule has 0 aliphatic rings. The van der Waals surface area contributed by atoms with Crippen molar-refractivity contribution in [1.29, 1.82) is 0 Å². The summed E-state index contributed by atoms with van der Waals surface area (Å²) in [6.45, 7) is 62.1. The fourth-order valence-corrected chi connectivity index (χ4v) is 12.1. The van der Waals surface area contributed by atoms with E-state index in [0.717, 1.165) is 0 Å². The molecular weight excluding hydrogens is 540 g/mol. The first-order valence-corrected chi connectivity index (χ1v) is 20.3. The van der Waals surface area contributed by atoms with Gasteiger partial charge in [-0.25, -0.2) is 0 Å². The molecule has 45 heavy (non-hydrogen) atoms. The summed E-state index contributed by atoms with van der Waals surface area (Å²) in [6.07, 6.45) is 0. The summed E-state index contributed by atoms with van der Waals surface area (Å²) < 4.78 is 0. The largest absolute Gasteiger partial charge is 0.0625 e. The Labute approximate surface area is 289 Å². The molecule has 0 aromatic heterocycles. The minimum absolute atomic E-state index is 0.231. The van der Waals surface area contributed by atoms with Gasteiger partial charge in [0, 0.05) is 0 Å². The van der Waals surface area contributed by atoms with E-state index in [1.54, 1.807) is 0 Å². The Morgan fingerprint density at radius 3 is 0.533 bits per heavy atom. The molecule has 272 valence electrons. The molecule has 1 atom stereocenters. The van der Waals surface area contributed by atoms with Crippen LogP contribution in [0.2, 0.25) is 0 Å². The number of rotatable bonds is 20. The van der Waals surface area contributed by atoms with E-state index >= 15 is 0 Å². The topological polar surface area (TPSA) is 0 Å². The van der Waals surface area contributed by atoms with Crippen LogP contribution in [0.3, 0.4) is 0 Å². The molecule has 0 bridgehead atoms. The molecule has 0 N–H and O–H groups in total. The van der Waals surface area contributed by atoms with Gasteiger partial charge in [-0.1, -0.05) is 166 Å². The maximum absolute atomic E-state index is 2.71. The molecular formula is C45H92. The van der Waals surface area contributed by atoms with Gasteiger partial charge in [0.05, 0.1) is 0 Å². The van der Waals surface area contributed by atoms with Crippen LogP contribution in [-0.4, -0.2) is 0 Å². The third kappa shape index (κ3) is 11.0. The summed E-state index contributed by atoms with van der Waals surface area (Å²) in [5.41, 5.74) is 0.231. The lowest BCUT2D eigenvalue weighted by molar-refractivity contribution is -0.136. The van der Waals surface area contributed by atoms with E-state index in [1.165, 1.54) is 0 Å². The van der Waals surface area contributed by atoms with Crippen LogP contribution in [-0.2, 0) is 0 Å². The van der Waals surface area contributed by atoms with Crippen LogP contribution in [0.1, 0.15) is 166 Å². The van der Waals surface area contributed by atoms with E-state index < -0.39 is 0 Å². The predicted octanol–water partition coefficient (Wildman–Crippen LogP) is 14.8. The Kier molecular flexibility index (Phi) is 18.7. The monoisotopic (exact) mass is 633 g/mol. The van der Waals surface area contributed by atoms with E-state index in [-0.39, 0.29) is 5.41 Å². The summed E-state index contributed by atoms with van der Waals surface area (Å²) in [5, 5.41) is 0. The average Bonchev–Trinajstić information content (AvgIpc) is 2.80. The van der Waals surface area contributed by atoms with Crippen molar-refractivity contribution in [3.63, 3.8) is 0 Å². The number of hydrogen-bond acceptors (Lipinski definition) is 0. The molecule has 0 heteroatoms. The summed E-state index contributed by atoms with van der Waals surface area (Å²) in [4.78, 5) is 0. The third-order valence-corrected chi connectivity index (χ3v) is 13.5. The molecule has 0 spiro atoms. The van der Waals surface area contributed by atoms with E-state index in [4.69, 9.17) is 0 Å². The SMILES string of the molecule is CC(C)C(C(C)C)C(C(C(C)C)C(C)C)C(C(C(C(C)C)C(C)C)C(C(C)C)C(C)C)C(C(C(C)C)C(C)C)C(C)(C)C(C)C. The molecule has 0 aliphatic heterocycles. The Bertz CT molecular complexity index is 648. The fraction of sp³-hybridized carbons (Fsp3) is 1.00. The molecule has 1 unspecified atom stereocenters. The van der Waals surface area contributed by atoms with Crippen LogP contribution in [0.25, 0.3) is 0 Å². The van der Waals surface area contributed by atoms with Crippen molar-refractivity contribution in [2.45, 2.75) is 166 Å². The highest BCUT2D eigenvalue weighted by atomic mass is 14.6. The molecule has 0 heterocycles. The lowest BCUT2D eigenvalue weighted by Gasteiger charge is -2.61. The smallest absolute Gasteiger partial charge is 0.0293 e. The van der Waals surface area contributed by atoms with Gasteiger partial charge in [-0.15, -0.1) is 0 Å². The first-order chi connectivity index (χ1) is 20.3. The standard InChI is InChI=1S/C45H92/c1-25(2)36(26(3)4)41(37(27(5)6)28(7)8)43(44(45(23,24)35(21)22)40(33(17)18)34(19)20)42(38(29(9)10)30(11)12)39(31(13)14)32(15)16/h25-44H,1-24H3. The van der Waals surface area contributed by atoms with E-state index in [0.29, 0.717) is 118 Å². The molecule has 0 aromatic carbocycles. The maximum Gasteiger partial charge on any atom is -0.0293 e. The van der Waals surface area contributed by atoms with E-state index in [9.17, 15) is 0 Å². The Morgan fingerprint density at radius 1 is 0.222 bits per heavy atom. The zero-order chi connectivity index (χ0) is 36.0. The summed E-state index contributed by atoms with van der Waals surface area (Å²) >= 11 is 0. The summed E-state index contributed by atoms with van der Waals surface area (Å²) in [6, 6.07) is 0. The van der Waals surface area contributed by atoms with Crippen LogP contribution in [0, 0.1) is 124 Å². The second-order valence-corrected chi connectivity index (χ2v) is 20.6. The summed E-state index contributed by atoms with van der Waals surface area (Å²) in [7, 11) is 0. The van der Waals surface area contributed by atoms with E-state index in [1.807, 2.05) is 0 Å². The molecule has 0 rings (SSSR count). The van der Waals surface area contributed by atoms with Crippen molar-refractivity contribution in [3.8, 4) is 0 Å². The van der Waals surface area contributed by atoms with Crippen LogP contribution >= 0.6 is 0 Å². The second kappa shape index (κ2) is 18.7. The first kappa shape index (κ1) is 45.0. The fourth-order valence-electron chi connectivity index (χ4n) is 12.1. The van der Waals surface area contributed by atoms with Crippen molar-refractivity contribution in [2.75, 3.05) is 0 Å². The lowest BCUT2D eigenvalue weighted by Crippen LogP contribution is -2.56. The predicted molar refractivity (Wildman–Crippen MR) is 208 cm³/mol. The van der Waals surface area contributed by atoms with Gasteiger partial charge < -0.3 is 0 Å². The molecule has 0 saturated carbocycles. The third-order valence-electron chi connectivity index (χ3n) is 13.5. The molecule has 0 nitrogen and oxygen atoms in total. The van der Waals surface area contributed by atoms with Gasteiger partial charge in [0.25, 0.3) is 0 Å². The van der Waals surface area contributed by atoms with Gasteiger partial charge in [-0.05, 0) is 124 Å². The van der Waals surface area contributed by atoms with Gasteiger partial charge in [-0.2, -0.15) is 0 Å². The van der Waals surface area contributed by atoms with Gasteiger partial charge >= 0.3 is 0 Å². The van der Waals surface area contributed by atoms with Crippen molar-refractivity contribution in [1.82, 2.24) is 0 Å². The minimum atomic E-state index is 0.231. The number of hydrogen-bond donors (Lipinski definition) is 0. The van der Waals surface area contributed by atoms with E-state index in [2.05, 4.69) is 166 Å². The van der Waals surface area contributed by atoms with Crippen LogP contribution in [0.5, 0.6) is 0 Å². The van der Waals surface area contributed by atoms with Gasteiger partial charge in [-0.3, -0.25) is 0 Å². The van der Waals surface area contributed by atoms with Crippen molar-refractivity contribution < 1.29 is 0 Å². The van der Waals surface area contributed by atoms with Crippen LogP contribution in [0.15, 0.2) is 0 Å². The van der Waals surface area contributed by atoms with Gasteiger partial charge in [0.2, 0.25) is 0 Å².